The lowest BCUT2D eigenvalue weighted by Gasteiger charge is -2.20. The standard InChI is InChI=1S/C30H26N2O6/c1-21-27(31-29(37-21)24-8-4-3-5-9-24)10-6-7-22-11-13-23(14-12-22)19-32(20-28(33)34)30(35)38-26-17-15-25(36-2)16-18-26/h3-5,7-18H,19-20H2,1-2H3,(H,33,34). The molecule has 0 unspecified atom stereocenters. The van der Waals surface area contributed by atoms with E-state index in [0.29, 0.717) is 23.1 Å². The summed E-state index contributed by atoms with van der Waals surface area (Å²) in [5.74, 6) is 1.01. The van der Waals surface area contributed by atoms with Gasteiger partial charge in [-0.2, -0.15) is 0 Å². The molecule has 4 aromatic rings. The van der Waals surface area contributed by atoms with E-state index in [1.165, 1.54) is 7.11 Å². The van der Waals surface area contributed by atoms with Crippen molar-refractivity contribution >= 4 is 24.2 Å². The maximum absolute atomic E-state index is 12.6. The number of nitrogens with zero attached hydrogens (tertiary/aromatic N) is 2. The molecule has 0 aliphatic heterocycles. The Kier molecular flexibility index (Phi) is 8.39. The van der Waals surface area contributed by atoms with Crippen molar-refractivity contribution in [3.05, 3.63) is 107 Å². The van der Waals surface area contributed by atoms with Crippen molar-refractivity contribution in [2.75, 3.05) is 13.7 Å². The molecule has 0 saturated carbocycles. The third-order valence-electron chi connectivity index (χ3n) is 5.53. The summed E-state index contributed by atoms with van der Waals surface area (Å²) in [4.78, 5) is 29.6. The molecule has 0 saturated heterocycles. The van der Waals surface area contributed by atoms with Gasteiger partial charge in [0.15, 0.2) is 0 Å². The van der Waals surface area contributed by atoms with Gasteiger partial charge in [-0.05, 0) is 60.5 Å². The predicted octanol–water partition coefficient (Wildman–Crippen LogP) is 6.07. The fourth-order valence-electron chi connectivity index (χ4n) is 3.56. The van der Waals surface area contributed by atoms with Crippen LogP contribution in [0.25, 0.3) is 23.6 Å². The minimum atomic E-state index is -1.14. The third kappa shape index (κ3) is 7.00. The van der Waals surface area contributed by atoms with E-state index < -0.39 is 18.6 Å². The summed E-state index contributed by atoms with van der Waals surface area (Å²) in [6.07, 6.45) is 2.79. The van der Waals surface area contributed by atoms with Crippen molar-refractivity contribution in [1.82, 2.24) is 9.88 Å². The van der Waals surface area contributed by atoms with Gasteiger partial charge in [-0.15, -0.1) is 5.73 Å². The summed E-state index contributed by atoms with van der Waals surface area (Å²) in [6, 6.07) is 23.5. The Morgan fingerprint density at radius 2 is 1.66 bits per heavy atom. The van der Waals surface area contributed by atoms with Crippen LogP contribution < -0.4 is 9.47 Å². The van der Waals surface area contributed by atoms with Gasteiger partial charge in [-0.3, -0.25) is 9.69 Å². The Balaban J connectivity index is 1.41. The Morgan fingerprint density at radius 1 is 0.974 bits per heavy atom. The molecule has 0 aliphatic carbocycles. The van der Waals surface area contributed by atoms with Crippen LogP contribution in [0.2, 0.25) is 0 Å². The molecule has 3 aromatic carbocycles. The molecule has 192 valence electrons. The average Bonchev–Trinajstić information content (AvgIpc) is 3.30. The number of amides is 1. The van der Waals surface area contributed by atoms with E-state index in [1.807, 2.05) is 61.5 Å². The van der Waals surface area contributed by atoms with Crippen LogP contribution in [0.5, 0.6) is 11.5 Å². The normalized spacial score (nSPS) is 10.3. The van der Waals surface area contributed by atoms with E-state index in [1.54, 1.807) is 36.4 Å². The zero-order valence-corrected chi connectivity index (χ0v) is 21.0. The molecule has 0 radical (unpaired) electrons. The number of methoxy groups -OCH3 is 1. The van der Waals surface area contributed by atoms with Gasteiger partial charge in [0.2, 0.25) is 5.89 Å². The number of aliphatic carboxylic acids is 1. The molecule has 38 heavy (non-hydrogen) atoms. The zero-order chi connectivity index (χ0) is 26.9. The number of oxazole rings is 1. The second-order valence-electron chi connectivity index (χ2n) is 8.32. The lowest BCUT2D eigenvalue weighted by atomic mass is 10.1. The molecule has 0 fully saturated rings. The number of aromatic nitrogens is 1. The monoisotopic (exact) mass is 510 g/mol. The third-order valence-corrected chi connectivity index (χ3v) is 5.53. The Hall–Kier alpha value is -5.07. The minimum Gasteiger partial charge on any atom is -0.497 e. The van der Waals surface area contributed by atoms with Crippen molar-refractivity contribution < 1.29 is 28.6 Å². The molecular weight excluding hydrogens is 484 g/mol. The zero-order valence-electron chi connectivity index (χ0n) is 21.0. The lowest BCUT2D eigenvalue weighted by molar-refractivity contribution is -0.138. The molecule has 0 aliphatic rings. The van der Waals surface area contributed by atoms with Gasteiger partial charge in [0, 0.05) is 18.2 Å². The molecule has 1 aromatic heterocycles. The number of rotatable bonds is 9. The van der Waals surface area contributed by atoms with Crippen LogP contribution in [0.15, 0.2) is 89.0 Å². The predicted molar refractivity (Wildman–Crippen MR) is 143 cm³/mol. The largest absolute Gasteiger partial charge is 0.497 e. The maximum Gasteiger partial charge on any atom is 0.416 e. The first-order chi connectivity index (χ1) is 18.4. The molecule has 1 heterocycles. The summed E-state index contributed by atoms with van der Waals surface area (Å²) < 4.78 is 16.2. The first-order valence-electron chi connectivity index (χ1n) is 11.8. The first-order valence-corrected chi connectivity index (χ1v) is 11.8. The van der Waals surface area contributed by atoms with Crippen molar-refractivity contribution in [2.45, 2.75) is 13.5 Å². The summed E-state index contributed by atoms with van der Waals surface area (Å²) in [5.41, 5.74) is 6.34. The fourth-order valence-corrected chi connectivity index (χ4v) is 3.56. The van der Waals surface area contributed by atoms with E-state index in [0.717, 1.165) is 21.6 Å². The van der Waals surface area contributed by atoms with E-state index in [9.17, 15) is 14.7 Å². The molecule has 0 atom stereocenters. The van der Waals surface area contributed by atoms with Crippen molar-refractivity contribution in [2.24, 2.45) is 0 Å². The quantitative estimate of drug-likeness (QED) is 0.273. The molecule has 4 rings (SSSR count). The second kappa shape index (κ2) is 12.3. The first kappa shape index (κ1) is 26.0. The number of hydrogen-bond donors (Lipinski definition) is 1. The molecule has 8 nitrogen and oxygen atoms in total. The number of carboxylic acids is 1. The summed E-state index contributed by atoms with van der Waals surface area (Å²) in [7, 11) is 1.53. The van der Waals surface area contributed by atoms with E-state index in [-0.39, 0.29) is 12.3 Å². The van der Waals surface area contributed by atoms with Crippen molar-refractivity contribution in [3.63, 3.8) is 0 Å². The minimum absolute atomic E-state index is 0.0710. The molecule has 8 heteroatoms. The highest BCUT2D eigenvalue weighted by molar-refractivity contribution is 5.78. The Labute approximate surface area is 220 Å². The molecule has 1 N–H and O–H groups in total. The van der Waals surface area contributed by atoms with Crippen LogP contribution in [0.3, 0.4) is 0 Å². The number of aryl methyl sites for hydroxylation is 1. The van der Waals surface area contributed by atoms with Crippen LogP contribution in [0.4, 0.5) is 4.79 Å². The van der Waals surface area contributed by atoms with Crippen LogP contribution in [-0.4, -0.2) is 40.7 Å². The molecule has 1 amide bonds. The number of hydrogen-bond acceptors (Lipinski definition) is 6. The Bertz CT molecular complexity index is 1450. The van der Waals surface area contributed by atoms with E-state index in [2.05, 4.69) is 10.7 Å². The van der Waals surface area contributed by atoms with Gasteiger partial charge >= 0.3 is 12.1 Å². The van der Waals surface area contributed by atoms with Gasteiger partial charge in [0.1, 0.15) is 29.5 Å². The summed E-state index contributed by atoms with van der Waals surface area (Å²) >= 11 is 0. The van der Waals surface area contributed by atoms with E-state index in [4.69, 9.17) is 13.9 Å². The molecule has 0 bridgehead atoms. The molecular formula is C30H26N2O6. The number of ether oxygens (including phenoxy) is 2. The lowest BCUT2D eigenvalue weighted by Crippen LogP contribution is -2.37. The highest BCUT2D eigenvalue weighted by Gasteiger charge is 2.19. The van der Waals surface area contributed by atoms with Gasteiger partial charge in [0.25, 0.3) is 0 Å². The van der Waals surface area contributed by atoms with Gasteiger partial charge in [-0.1, -0.05) is 42.5 Å². The number of carbonyl (C=O) groups excluding carboxylic acids is 1. The topological polar surface area (TPSA) is 102 Å². The maximum atomic E-state index is 12.6. The van der Waals surface area contributed by atoms with Crippen LogP contribution in [0.1, 0.15) is 22.6 Å². The summed E-state index contributed by atoms with van der Waals surface area (Å²) in [5, 5.41) is 9.27. The SMILES string of the molecule is COc1ccc(OC(=O)N(CC(=O)O)Cc2ccc(C=C=Cc3nc(-c4ccccc4)oc3C)cc2)cc1. The number of carboxylic acid groups (broad SMARTS) is 1. The smallest absolute Gasteiger partial charge is 0.416 e. The van der Waals surface area contributed by atoms with Crippen LogP contribution >= 0.6 is 0 Å². The van der Waals surface area contributed by atoms with Crippen molar-refractivity contribution in [3.8, 4) is 23.0 Å². The van der Waals surface area contributed by atoms with Gasteiger partial charge < -0.3 is 19.0 Å². The average molecular weight is 511 g/mol. The highest BCUT2D eigenvalue weighted by atomic mass is 16.6. The van der Waals surface area contributed by atoms with Crippen LogP contribution in [-0.2, 0) is 11.3 Å². The summed E-state index contributed by atoms with van der Waals surface area (Å²) in [6.45, 7) is 1.42. The van der Waals surface area contributed by atoms with Gasteiger partial charge in [-0.25, -0.2) is 9.78 Å². The fraction of sp³-hybridized carbons (Fsp3) is 0.133. The van der Waals surface area contributed by atoms with Crippen molar-refractivity contribution in [1.29, 1.82) is 0 Å². The highest BCUT2D eigenvalue weighted by Crippen LogP contribution is 2.22. The Morgan fingerprint density at radius 3 is 2.32 bits per heavy atom. The number of benzene rings is 3. The second-order valence-corrected chi connectivity index (χ2v) is 8.32. The van der Waals surface area contributed by atoms with Crippen LogP contribution in [0, 0.1) is 6.92 Å². The molecule has 0 spiro atoms. The van der Waals surface area contributed by atoms with Gasteiger partial charge in [0.05, 0.1) is 7.11 Å². The van der Waals surface area contributed by atoms with E-state index >= 15 is 0 Å². The number of carbonyl (C=O) groups is 2.